The molecule has 0 bridgehead atoms. The zero-order valence-electron chi connectivity index (χ0n) is 12.8. The summed E-state index contributed by atoms with van der Waals surface area (Å²) >= 11 is 0. The fourth-order valence-electron chi connectivity index (χ4n) is 2.40. The van der Waals surface area contributed by atoms with Gasteiger partial charge < -0.3 is 10.6 Å². The topological polar surface area (TPSA) is 46.3 Å². The number of benzene rings is 2. The average molecular weight is 307 g/mol. The lowest BCUT2D eigenvalue weighted by atomic mass is 9.93. The van der Waals surface area contributed by atoms with E-state index in [1.54, 1.807) is 4.90 Å². The smallest absolute Gasteiger partial charge is 0.254 e. The number of amides is 1. The third-order valence-corrected chi connectivity index (χ3v) is 3.58. The first kappa shape index (κ1) is 17.5. The molecule has 3 nitrogen and oxygen atoms in total. The van der Waals surface area contributed by atoms with Crippen molar-refractivity contribution in [3.8, 4) is 0 Å². The van der Waals surface area contributed by atoms with E-state index >= 15 is 0 Å². The van der Waals surface area contributed by atoms with E-state index in [2.05, 4.69) is 13.8 Å². The first-order chi connectivity index (χ1) is 9.44. The van der Waals surface area contributed by atoms with Crippen LogP contribution in [0.4, 0.5) is 0 Å². The van der Waals surface area contributed by atoms with E-state index in [9.17, 15) is 4.79 Å². The summed E-state index contributed by atoms with van der Waals surface area (Å²) in [7, 11) is 1.83. The molecule has 0 saturated heterocycles. The molecule has 0 aliphatic carbocycles. The van der Waals surface area contributed by atoms with Gasteiger partial charge >= 0.3 is 0 Å². The summed E-state index contributed by atoms with van der Waals surface area (Å²) in [6.07, 6.45) is 0. The Morgan fingerprint density at radius 3 is 2.43 bits per heavy atom. The van der Waals surface area contributed by atoms with E-state index in [0.29, 0.717) is 13.1 Å². The van der Waals surface area contributed by atoms with Crippen LogP contribution in [0.1, 0.15) is 24.2 Å². The molecule has 1 amide bonds. The molecule has 0 unspecified atom stereocenters. The van der Waals surface area contributed by atoms with Gasteiger partial charge in [0, 0.05) is 19.2 Å². The Labute approximate surface area is 132 Å². The molecule has 0 heterocycles. The maximum Gasteiger partial charge on any atom is 0.254 e. The fraction of sp³-hybridized carbons (Fsp3) is 0.353. The second-order valence-corrected chi connectivity index (χ2v) is 6.06. The molecule has 2 aromatic carbocycles. The van der Waals surface area contributed by atoms with Crippen molar-refractivity contribution in [3.63, 3.8) is 0 Å². The van der Waals surface area contributed by atoms with Gasteiger partial charge in [-0.05, 0) is 28.8 Å². The van der Waals surface area contributed by atoms with Gasteiger partial charge in [0.15, 0.2) is 0 Å². The van der Waals surface area contributed by atoms with Crippen LogP contribution in [0.25, 0.3) is 10.8 Å². The number of carbonyl (C=O) groups excluding carboxylic acids is 1. The van der Waals surface area contributed by atoms with Crippen molar-refractivity contribution in [3.05, 3.63) is 48.0 Å². The lowest BCUT2D eigenvalue weighted by Crippen LogP contribution is -2.39. The van der Waals surface area contributed by atoms with Crippen molar-refractivity contribution >= 4 is 29.1 Å². The number of hydrogen-bond acceptors (Lipinski definition) is 2. The molecular formula is C17H23ClN2O. The molecule has 0 aliphatic rings. The number of carbonyl (C=O) groups is 1. The number of hydrogen-bond donors (Lipinski definition) is 1. The van der Waals surface area contributed by atoms with Gasteiger partial charge in [0.05, 0.1) is 0 Å². The molecule has 2 rings (SSSR count). The summed E-state index contributed by atoms with van der Waals surface area (Å²) in [5.41, 5.74) is 6.42. The van der Waals surface area contributed by atoms with Gasteiger partial charge in [-0.3, -0.25) is 4.79 Å². The van der Waals surface area contributed by atoms with Crippen LogP contribution in [0.15, 0.2) is 42.5 Å². The predicted octanol–water partition coefficient (Wildman–Crippen LogP) is 3.32. The Morgan fingerprint density at radius 2 is 1.76 bits per heavy atom. The molecule has 114 valence electrons. The minimum absolute atomic E-state index is 0. The van der Waals surface area contributed by atoms with Crippen LogP contribution in [0.3, 0.4) is 0 Å². The van der Waals surface area contributed by atoms with Crippen LogP contribution < -0.4 is 5.73 Å². The molecule has 0 spiro atoms. The Hall–Kier alpha value is -1.58. The standard InChI is InChI=1S/C17H22N2O.ClH/c1-17(2,11-18)12-19(3)16(20)15-10-6-8-13-7-4-5-9-14(13)15;/h4-10H,11-12,18H2,1-3H3;1H. The van der Waals surface area contributed by atoms with Gasteiger partial charge in [0.25, 0.3) is 5.91 Å². The zero-order valence-corrected chi connectivity index (χ0v) is 13.6. The van der Waals surface area contributed by atoms with Gasteiger partial charge in [-0.25, -0.2) is 0 Å². The van der Waals surface area contributed by atoms with Crippen molar-refractivity contribution < 1.29 is 4.79 Å². The van der Waals surface area contributed by atoms with Crippen molar-refractivity contribution in [1.29, 1.82) is 0 Å². The van der Waals surface area contributed by atoms with Crippen LogP contribution in [-0.4, -0.2) is 30.9 Å². The van der Waals surface area contributed by atoms with E-state index in [-0.39, 0.29) is 23.7 Å². The van der Waals surface area contributed by atoms with Crippen LogP contribution in [0.2, 0.25) is 0 Å². The first-order valence-electron chi connectivity index (χ1n) is 6.88. The molecule has 0 radical (unpaired) electrons. The molecule has 2 N–H and O–H groups in total. The highest BCUT2D eigenvalue weighted by Crippen LogP contribution is 2.21. The van der Waals surface area contributed by atoms with Gasteiger partial charge in [-0.15, -0.1) is 12.4 Å². The first-order valence-corrected chi connectivity index (χ1v) is 6.88. The Morgan fingerprint density at radius 1 is 1.14 bits per heavy atom. The Bertz CT molecular complexity index is 620. The van der Waals surface area contributed by atoms with Crippen molar-refractivity contribution in [1.82, 2.24) is 4.90 Å². The minimum Gasteiger partial charge on any atom is -0.341 e. The molecule has 2 aromatic rings. The predicted molar refractivity (Wildman–Crippen MR) is 91.0 cm³/mol. The summed E-state index contributed by atoms with van der Waals surface area (Å²) in [6, 6.07) is 13.8. The summed E-state index contributed by atoms with van der Waals surface area (Å²) in [6.45, 7) is 5.34. The largest absolute Gasteiger partial charge is 0.341 e. The van der Waals surface area contributed by atoms with E-state index in [4.69, 9.17) is 5.73 Å². The second-order valence-electron chi connectivity index (χ2n) is 6.06. The van der Waals surface area contributed by atoms with Crippen LogP contribution in [0, 0.1) is 5.41 Å². The van der Waals surface area contributed by atoms with Gasteiger partial charge in [0.2, 0.25) is 0 Å². The molecule has 0 fully saturated rings. The zero-order chi connectivity index (χ0) is 14.8. The number of nitrogens with zero attached hydrogens (tertiary/aromatic N) is 1. The van der Waals surface area contributed by atoms with Crippen molar-refractivity contribution in [2.45, 2.75) is 13.8 Å². The molecule has 0 saturated carbocycles. The van der Waals surface area contributed by atoms with Crippen molar-refractivity contribution in [2.24, 2.45) is 11.1 Å². The highest BCUT2D eigenvalue weighted by Gasteiger charge is 2.22. The summed E-state index contributed by atoms with van der Waals surface area (Å²) in [5.74, 6) is 0.0447. The quantitative estimate of drug-likeness (QED) is 0.942. The summed E-state index contributed by atoms with van der Waals surface area (Å²) in [5, 5.41) is 2.09. The average Bonchev–Trinajstić information content (AvgIpc) is 2.45. The van der Waals surface area contributed by atoms with Crippen LogP contribution in [0.5, 0.6) is 0 Å². The summed E-state index contributed by atoms with van der Waals surface area (Å²) in [4.78, 5) is 14.4. The Balaban J connectivity index is 0.00000220. The van der Waals surface area contributed by atoms with Crippen molar-refractivity contribution in [2.75, 3.05) is 20.1 Å². The van der Waals surface area contributed by atoms with Gasteiger partial charge in [-0.2, -0.15) is 0 Å². The second kappa shape index (κ2) is 6.92. The molecule has 21 heavy (non-hydrogen) atoms. The SMILES string of the molecule is CN(CC(C)(C)CN)C(=O)c1cccc2ccccc12.Cl. The lowest BCUT2D eigenvalue weighted by Gasteiger charge is -2.29. The van der Waals surface area contributed by atoms with Crippen LogP contribution >= 0.6 is 12.4 Å². The number of nitrogens with two attached hydrogens (primary N) is 1. The van der Waals surface area contributed by atoms with Gasteiger partial charge in [-0.1, -0.05) is 50.2 Å². The molecule has 0 atom stereocenters. The molecule has 4 heteroatoms. The van der Waals surface area contributed by atoms with E-state index < -0.39 is 0 Å². The monoisotopic (exact) mass is 306 g/mol. The van der Waals surface area contributed by atoms with E-state index in [1.807, 2.05) is 49.5 Å². The highest BCUT2D eigenvalue weighted by atomic mass is 35.5. The molecule has 0 aliphatic heterocycles. The normalized spacial score (nSPS) is 11.0. The van der Waals surface area contributed by atoms with E-state index in [1.165, 1.54) is 0 Å². The maximum absolute atomic E-state index is 12.6. The van der Waals surface area contributed by atoms with E-state index in [0.717, 1.165) is 16.3 Å². The fourth-order valence-corrected chi connectivity index (χ4v) is 2.40. The molecule has 0 aromatic heterocycles. The Kier molecular flexibility index (Phi) is 5.76. The number of fused-ring (bicyclic) bond motifs is 1. The number of halogens is 1. The lowest BCUT2D eigenvalue weighted by molar-refractivity contribution is 0.0742. The minimum atomic E-state index is -0.0744. The highest BCUT2D eigenvalue weighted by molar-refractivity contribution is 6.06. The molecular weight excluding hydrogens is 284 g/mol. The van der Waals surface area contributed by atoms with Crippen LogP contribution in [-0.2, 0) is 0 Å². The third-order valence-electron chi connectivity index (χ3n) is 3.58. The number of rotatable bonds is 4. The van der Waals surface area contributed by atoms with Gasteiger partial charge in [0.1, 0.15) is 0 Å². The maximum atomic E-state index is 12.6. The third kappa shape index (κ3) is 3.96. The summed E-state index contributed by atoms with van der Waals surface area (Å²) < 4.78 is 0.